The van der Waals surface area contributed by atoms with Gasteiger partial charge < -0.3 is 20.1 Å². The van der Waals surface area contributed by atoms with Gasteiger partial charge in [0.15, 0.2) is 6.10 Å². The Morgan fingerprint density at radius 2 is 0.965 bits per heavy atom. The monoisotopic (exact) mass is 822 g/mol. The van der Waals surface area contributed by atoms with Gasteiger partial charge in [-0.3, -0.25) is 18.6 Å². The van der Waals surface area contributed by atoms with Gasteiger partial charge in [-0.1, -0.05) is 164 Å². The maximum absolute atomic E-state index is 12.6. The van der Waals surface area contributed by atoms with Crippen LogP contribution in [0.25, 0.3) is 0 Å². The fraction of sp³-hybridized carbons (Fsp3) is 0.745. The lowest BCUT2D eigenvalue weighted by molar-refractivity contribution is -0.161. The molecule has 2 atom stereocenters. The number of hydrogen-bond acceptors (Lipinski definition) is 8. The molecular formula is C47H84NO8P. The van der Waals surface area contributed by atoms with Gasteiger partial charge in [-0.15, -0.1) is 0 Å². The SMILES string of the molecule is CC/C=C\C/C=C\C/C=C\C/C=C\CCCCC(=O)OC[C@H](COP(=O)(O)OCCN)OC(=O)CCCCCCCCCCCCC/C=C\CCCCCCCC. The van der Waals surface area contributed by atoms with Crippen molar-refractivity contribution in [1.82, 2.24) is 0 Å². The molecule has 0 saturated heterocycles. The zero-order chi connectivity index (χ0) is 41.8. The number of carbonyl (C=O) groups excluding carboxylic acids is 2. The Bertz CT molecular complexity index is 1120. The summed E-state index contributed by atoms with van der Waals surface area (Å²) in [5.74, 6) is -0.879. The summed E-state index contributed by atoms with van der Waals surface area (Å²) >= 11 is 0. The normalized spacial score (nSPS) is 13.8. The van der Waals surface area contributed by atoms with Crippen molar-refractivity contribution in [2.75, 3.05) is 26.4 Å². The van der Waals surface area contributed by atoms with Gasteiger partial charge in [0.05, 0.1) is 13.2 Å². The van der Waals surface area contributed by atoms with Crippen LogP contribution in [0.4, 0.5) is 0 Å². The Kier molecular flexibility index (Phi) is 41.6. The second-order valence-electron chi connectivity index (χ2n) is 14.9. The van der Waals surface area contributed by atoms with Crippen molar-refractivity contribution < 1.29 is 37.6 Å². The summed E-state index contributed by atoms with van der Waals surface area (Å²) in [6.07, 6.45) is 51.2. The quantitative estimate of drug-likeness (QED) is 0.0267. The van der Waals surface area contributed by atoms with E-state index >= 15 is 0 Å². The molecule has 0 aliphatic carbocycles. The lowest BCUT2D eigenvalue weighted by Gasteiger charge is -2.19. The van der Waals surface area contributed by atoms with E-state index in [-0.39, 0.29) is 32.6 Å². The number of nitrogens with two attached hydrogens (primary N) is 1. The second-order valence-corrected chi connectivity index (χ2v) is 16.3. The van der Waals surface area contributed by atoms with Crippen molar-refractivity contribution in [3.63, 3.8) is 0 Å². The number of unbranched alkanes of at least 4 members (excludes halogenated alkanes) is 19. The Hall–Kier alpha value is -2.29. The standard InChI is InChI=1S/C47H84NO8P/c1-3-5-7-9-11-13-15-17-19-20-21-22-23-24-26-28-30-32-34-36-38-40-47(50)56-45(44-55-57(51,52)54-42-41-48)43-53-46(49)39-37-35-33-31-29-27-25-18-16-14-12-10-8-6-4-2/h6,8,12,14,17-19,25,29,31,45H,3-5,7,9-11,13,15-16,20-24,26-28,30,32-44,48H2,1-2H3,(H,51,52)/b8-6-,14-12-,19-17-,25-18-,31-29-/t45-/m1/s1. The Morgan fingerprint density at radius 1 is 0.544 bits per heavy atom. The van der Waals surface area contributed by atoms with Crippen LogP contribution in [0.3, 0.4) is 0 Å². The van der Waals surface area contributed by atoms with Crippen LogP contribution >= 0.6 is 7.82 Å². The summed E-state index contributed by atoms with van der Waals surface area (Å²) in [4.78, 5) is 34.9. The van der Waals surface area contributed by atoms with Crippen LogP contribution in [-0.2, 0) is 32.7 Å². The number of hydrogen-bond donors (Lipinski definition) is 2. The largest absolute Gasteiger partial charge is 0.472 e. The molecular weight excluding hydrogens is 737 g/mol. The first-order chi connectivity index (χ1) is 27.8. The first kappa shape index (κ1) is 54.7. The Balaban J connectivity index is 4.15. The Labute approximate surface area is 349 Å². The second kappa shape index (κ2) is 43.3. The minimum atomic E-state index is -4.39. The number of carbonyl (C=O) groups is 2. The molecule has 0 aromatic carbocycles. The summed E-state index contributed by atoms with van der Waals surface area (Å²) in [7, 11) is -4.39. The van der Waals surface area contributed by atoms with E-state index in [2.05, 4.69) is 74.6 Å². The Morgan fingerprint density at radius 3 is 1.49 bits per heavy atom. The topological polar surface area (TPSA) is 134 Å². The maximum atomic E-state index is 12.6. The van der Waals surface area contributed by atoms with E-state index in [9.17, 15) is 19.0 Å². The van der Waals surface area contributed by atoms with Gasteiger partial charge in [-0.2, -0.15) is 0 Å². The lowest BCUT2D eigenvalue weighted by atomic mass is 10.0. The molecule has 0 rings (SSSR count). The van der Waals surface area contributed by atoms with Crippen LogP contribution in [-0.4, -0.2) is 49.3 Å². The van der Waals surface area contributed by atoms with Crippen LogP contribution in [0.5, 0.6) is 0 Å². The molecule has 0 spiro atoms. The molecule has 0 amide bonds. The maximum Gasteiger partial charge on any atom is 0.472 e. The third-order valence-corrected chi connectivity index (χ3v) is 10.4. The number of allylic oxidation sites excluding steroid dienone is 10. The first-order valence-electron chi connectivity index (χ1n) is 22.8. The fourth-order valence-electron chi connectivity index (χ4n) is 6.03. The van der Waals surface area contributed by atoms with Gasteiger partial charge in [0, 0.05) is 19.4 Å². The number of rotatable bonds is 42. The fourth-order valence-corrected chi connectivity index (χ4v) is 6.80. The molecule has 57 heavy (non-hydrogen) atoms. The van der Waals surface area contributed by atoms with E-state index in [4.69, 9.17) is 24.3 Å². The van der Waals surface area contributed by atoms with Gasteiger partial charge in [-0.05, 0) is 77.0 Å². The lowest BCUT2D eigenvalue weighted by Crippen LogP contribution is -2.29. The van der Waals surface area contributed by atoms with E-state index in [1.807, 2.05) is 0 Å². The van der Waals surface area contributed by atoms with Crippen molar-refractivity contribution in [3.05, 3.63) is 60.8 Å². The number of esters is 2. The third-order valence-electron chi connectivity index (χ3n) is 9.39. The summed E-state index contributed by atoms with van der Waals surface area (Å²) in [5, 5.41) is 0. The smallest absolute Gasteiger partial charge is 0.462 e. The first-order valence-corrected chi connectivity index (χ1v) is 24.3. The van der Waals surface area contributed by atoms with Gasteiger partial charge in [0.1, 0.15) is 6.61 Å². The van der Waals surface area contributed by atoms with E-state index in [1.165, 1.54) is 96.3 Å². The van der Waals surface area contributed by atoms with Crippen LogP contribution < -0.4 is 5.73 Å². The highest BCUT2D eigenvalue weighted by molar-refractivity contribution is 7.47. The molecule has 10 heteroatoms. The van der Waals surface area contributed by atoms with Gasteiger partial charge in [0.25, 0.3) is 0 Å². The van der Waals surface area contributed by atoms with Crippen molar-refractivity contribution in [2.45, 2.75) is 200 Å². The molecule has 1 unspecified atom stereocenters. The number of phosphoric acid groups is 1. The molecule has 330 valence electrons. The van der Waals surface area contributed by atoms with Crippen molar-refractivity contribution >= 4 is 19.8 Å². The molecule has 0 aliphatic heterocycles. The van der Waals surface area contributed by atoms with Crippen LogP contribution in [0.1, 0.15) is 194 Å². The minimum Gasteiger partial charge on any atom is -0.462 e. The van der Waals surface area contributed by atoms with Crippen molar-refractivity contribution in [2.24, 2.45) is 5.73 Å². The molecule has 0 aliphatic rings. The van der Waals surface area contributed by atoms with E-state index in [0.717, 1.165) is 57.8 Å². The minimum absolute atomic E-state index is 0.0455. The van der Waals surface area contributed by atoms with E-state index < -0.39 is 32.5 Å². The highest BCUT2D eigenvalue weighted by atomic mass is 31.2. The van der Waals surface area contributed by atoms with Crippen LogP contribution in [0.2, 0.25) is 0 Å². The molecule has 0 bridgehead atoms. The molecule has 9 nitrogen and oxygen atoms in total. The average molecular weight is 822 g/mol. The summed E-state index contributed by atoms with van der Waals surface area (Å²) in [5.41, 5.74) is 5.35. The zero-order valence-corrected chi connectivity index (χ0v) is 37.2. The summed E-state index contributed by atoms with van der Waals surface area (Å²) < 4.78 is 32.8. The highest BCUT2D eigenvalue weighted by Gasteiger charge is 2.26. The van der Waals surface area contributed by atoms with Crippen molar-refractivity contribution in [3.8, 4) is 0 Å². The molecule has 0 heterocycles. The molecule has 0 saturated carbocycles. The summed E-state index contributed by atoms with van der Waals surface area (Å²) in [6.45, 7) is 3.57. The molecule has 0 aromatic heterocycles. The van der Waals surface area contributed by atoms with Crippen LogP contribution in [0, 0.1) is 0 Å². The molecule has 0 fully saturated rings. The van der Waals surface area contributed by atoms with E-state index in [0.29, 0.717) is 12.8 Å². The molecule has 0 radical (unpaired) electrons. The predicted octanol–water partition coefficient (Wildman–Crippen LogP) is 13.3. The third kappa shape index (κ3) is 43.1. The van der Waals surface area contributed by atoms with Gasteiger partial charge in [-0.25, -0.2) is 4.57 Å². The predicted molar refractivity (Wildman–Crippen MR) is 238 cm³/mol. The van der Waals surface area contributed by atoms with Crippen LogP contribution in [0.15, 0.2) is 60.8 Å². The van der Waals surface area contributed by atoms with Gasteiger partial charge in [0.2, 0.25) is 0 Å². The average Bonchev–Trinajstić information content (AvgIpc) is 3.20. The van der Waals surface area contributed by atoms with Crippen molar-refractivity contribution in [1.29, 1.82) is 0 Å². The van der Waals surface area contributed by atoms with E-state index in [1.54, 1.807) is 0 Å². The molecule has 0 aromatic rings. The number of phosphoric ester groups is 1. The highest BCUT2D eigenvalue weighted by Crippen LogP contribution is 2.43. The number of ether oxygens (including phenoxy) is 2. The summed E-state index contributed by atoms with van der Waals surface area (Å²) in [6, 6.07) is 0. The van der Waals surface area contributed by atoms with Gasteiger partial charge >= 0.3 is 19.8 Å². The zero-order valence-electron chi connectivity index (χ0n) is 36.3. The molecule has 3 N–H and O–H groups in total.